The second-order valence-corrected chi connectivity index (χ2v) is 3.84. The van der Waals surface area contributed by atoms with Crippen LogP contribution in [0.5, 0.6) is 0 Å². The predicted molar refractivity (Wildman–Crippen MR) is 53.8 cm³/mol. The van der Waals surface area contributed by atoms with E-state index in [-0.39, 0.29) is 13.0 Å². The summed E-state index contributed by atoms with van der Waals surface area (Å²) in [4.78, 5) is 32.5. The number of carboxylic acids is 1. The van der Waals surface area contributed by atoms with Crippen molar-refractivity contribution in [1.29, 1.82) is 0 Å². The molecule has 0 aliphatic carbocycles. The maximum Gasteiger partial charge on any atom is 0.463 e. The Morgan fingerprint density at radius 1 is 1.19 bits per heavy atom. The maximum atomic E-state index is 12.7. The van der Waals surface area contributed by atoms with Gasteiger partial charge >= 0.3 is 24.0 Å². The lowest BCUT2D eigenvalue weighted by Gasteiger charge is -2.23. The lowest BCUT2D eigenvalue weighted by atomic mass is 10.2. The van der Waals surface area contributed by atoms with Gasteiger partial charge in [-0.15, -0.1) is 0 Å². The highest BCUT2D eigenvalue weighted by molar-refractivity contribution is 5.90. The first-order chi connectivity index (χ1) is 9.43. The second-order valence-electron chi connectivity index (χ2n) is 3.84. The van der Waals surface area contributed by atoms with E-state index in [1.165, 1.54) is 0 Å². The standard InChI is InChI=1S/C10H12F5NO5/c1-2-3-21-7(19)5(4-6(17)18)16-8(20)9(11,12)10(13,14)15/h5H,2-4H2,1H3,(H,16,20)(H,17,18)/p-1/t5-/m0/s1. The van der Waals surface area contributed by atoms with Gasteiger partial charge in [-0.25, -0.2) is 4.79 Å². The van der Waals surface area contributed by atoms with Crippen LogP contribution in [0.1, 0.15) is 19.8 Å². The number of nitrogens with one attached hydrogen (secondary N) is 1. The van der Waals surface area contributed by atoms with Gasteiger partial charge in [-0.1, -0.05) is 6.92 Å². The lowest BCUT2D eigenvalue weighted by molar-refractivity contribution is -0.306. The van der Waals surface area contributed by atoms with Crippen LogP contribution in [-0.2, 0) is 19.1 Å². The number of rotatable bonds is 7. The van der Waals surface area contributed by atoms with Gasteiger partial charge in [-0.3, -0.25) is 4.79 Å². The number of amides is 1. The van der Waals surface area contributed by atoms with Crippen LogP contribution in [0.2, 0.25) is 0 Å². The molecule has 11 heteroatoms. The fourth-order valence-electron chi connectivity index (χ4n) is 1.04. The summed E-state index contributed by atoms with van der Waals surface area (Å²) in [5.41, 5.74) is 0. The third-order valence-electron chi connectivity index (χ3n) is 2.05. The van der Waals surface area contributed by atoms with Gasteiger partial charge in [0.15, 0.2) is 0 Å². The Balaban J connectivity index is 5.01. The minimum absolute atomic E-state index is 0.228. The molecule has 0 aliphatic heterocycles. The van der Waals surface area contributed by atoms with E-state index in [0.29, 0.717) is 0 Å². The number of carboxylic acid groups (broad SMARTS) is 1. The van der Waals surface area contributed by atoms with E-state index in [1.807, 2.05) is 0 Å². The number of carbonyl (C=O) groups is 3. The molecule has 21 heavy (non-hydrogen) atoms. The number of ether oxygens (including phenoxy) is 1. The zero-order chi connectivity index (χ0) is 16.8. The average molecular weight is 320 g/mol. The smallest absolute Gasteiger partial charge is 0.463 e. The van der Waals surface area contributed by atoms with Crippen molar-refractivity contribution in [3.05, 3.63) is 0 Å². The number of hydrogen-bond donors (Lipinski definition) is 1. The van der Waals surface area contributed by atoms with E-state index < -0.39 is 42.4 Å². The molecule has 0 aromatic heterocycles. The van der Waals surface area contributed by atoms with E-state index in [1.54, 1.807) is 6.92 Å². The molecule has 0 aliphatic rings. The van der Waals surface area contributed by atoms with E-state index in [2.05, 4.69) is 4.74 Å². The van der Waals surface area contributed by atoms with Crippen LogP contribution < -0.4 is 10.4 Å². The fourth-order valence-corrected chi connectivity index (χ4v) is 1.04. The molecule has 0 spiro atoms. The molecule has 0 aromatic carbocycles. The Hall–Kier alpha value is -1.94. The number of aliphatic carboxylic acids is 1. The van der Waals surface area contributed by atoms with Gasteiger partial charge in [0.1, 0.15) is 6.04 Å². The average Bonchev–Trinajstić information content (AvgIpc) is 2.32. The summed E-state index contributed by atoms with van der Waals surface area (Å²) >= 11 is 0. The van der Waals surface area contributed by atoms with Crippen LogP contribution in [0.3, 0.4) is 0 Å². The summed E-state index contributed by atoms with van der Waals surface area (Å²) in [5, 5.41) is 11.3. The van der Waals surface area contributed by atoms with Crippen molar-refractivity contribution in [2.75, 3.05) is 6.61 Å². The molecule has 0 saturated heterocycles. The SMILES string of the molecule is CCCOC(=O)[C@H](CC(=O)[O-])NC(=O)C(F)(F)C(F)(F)F. The third kappa shape index (κ3) is 5.52. The first-order valence-corrected chi connectivity index (χ1v) is 5.55. The molecule has 122 valence electrons. The molecule has 0 fully saturated rings. The van der Waals surface area contributed by atoms with Crippen LogP contribution in [0.15, 0.2) is 0 Å². The largest absolute Gasteiger partial charge is 0.550 e. The predicted octanol–water partition coefficient (Wildman–Crippen LogP) is -0.238. The van der Waals surface area contributed by atoms with Crippen molar-refractivity contribution in [1.82, 2.24) is 5.32 Å². The molecule has 1 amide bonds. The van der Waals surface area contributed by atoms with Crippen LogP contribution in [0.25, 0.3) is 0 Å². The number of esters is 1. The van der Waals surface area contributed by atoms with Crippen molar-refractivity contribution in [3.63, 3.8) is 0 Å². The monoisotopic (exact) mass is 320 g/mol. The molecule has 1 N–H and O–H groups in total. The van der Waals surface area contributed by atoms with Gasteiger partial charge in [0.25, 0.3) is 0 Å². The molecule has 0 saturated carbocycles. The zero-order valence-corrected chi connectivity index (χ0v) is 10.6. The van der Waals surface area contributed by atoms with Crippen LogP contribution >= 0.6 is 0 Å². The molecule has 1 atom stereocenters. The van der Waals surface area contributed by atoms with Gasteiger partial charge in [-0.2, -0.15) is 22.0 Å². The summed E-state index contributed by atoms with van der Waals surface area (Å²) in [5.74, 6) is -12.0. The Kier molecular flexibility index (Phi) is 6.52. The summed E-state index contributed by atoms with van der Waals surface area (Å²) in [6, 6.07) is -2.21. The molecular weight excluding hydrogens is 309 g/mol. The van der Waals surface area contributed by atoms with E-state index in [9.17, 15) is 41.4 Å². The normalized spacial score (nSPS) is 13.4. The van der Waals surface area contributed by atoms with E-state index >= 15 is 0 Å². The highest BCUT2D eigenvalue weighted by atomic mass is 19.4. The Morgan fingerprint density at radius 3 is 2.10 bits per heavy atom. The van der Waals surface area contributed by atoms with E-state index in [0.717, 1.165) is 5.32 Å². The van der Waals surface area contributed by atoms with Crippen molar-refractivity contribution >= 4 is 17.8 Å². The molecule has 6 nitrogen and oxygen atoms in total. The first-order valence-electron chi connectivity index (χ1n) is 5.55. The topological polar surface area (TPSA) is 95.5 Å². The van der Waals surface area contributed by atoms with E-state index in [4.69, 9.17) is 0 Å². The lowest BCUT2D eigenvalue weighted by Crippen LogP contribution is -2.55. The van der Waals surface area contributed by atoms with Crippen molar-refractivity contribution in [2.45, 2.75) is 37.9 Å². The quantitative estimate of drug-likeness (QED) is 0.516. The number of halogens is 5. The summed E-state index contributed by atoms with van der Waals surface area (Å²) in [6.07, 6.45) is -7.20. The second kappa shape index (κ2) is 7.18. The minimum atomic E-state index is -6.18. The van der Waals surface area contributed by atoms with Crippen molar-refractivity contribution in [2.24, 2.45) is 0 Å². The van der Waals surface area contributed by atoms with Gasteiger partial charge in [0.2, 0.25) is 0 Å². The van der Waals surface area contributed by atoms with Gasteiger partial charge in [0.05, 0.1) is 6.61 Å². The minimum Gasteiger partial charge on any atom is -0.550 e. The van der Waals surface area contributed by atoms with Crippen LogP contribution in [-0.4, -0.2) is 42.6 Å². The highest BCUT2D eigenvalue weighted by Gasteiger charge is 2.63. The fraction of sp³-hybridized carbons (Fsp3) is 0.700. The van der Waals surface area contributed by atoms with Crippen LogP contribution in [0.4, 0.5) is 22.0 Å². The zero-order valence-electron chi connectivity index (χ0n) is 10.6. The molecule has 0 rings (SSSR count). The molecule has 0 heterocycles. The summed E-state index contributed by atoms with van der Waals surface area (Å²) < 4.78 is 65.6. The highest BCUT2D eigenvalue weighted by Crippen LogP contribution is 2.35. The number of hydrogen-bond acceptors (Lipinski definition) is 5. The number of carbonyl (C=O) groups excluding carboxylic acids is 3. The summed E-state index contributed by atoms with van der Waals surface area (Å²) in [6.45, 7) is 1.32. The first kappa shape index (κ1) is 19.1. The third-order valence-corrected chi connectivity index (χ3v) is 2.05. The molecule has 0 bridgehead atoms. The Morgan fingerprint density at radius 2 is 1.71 bits per heavy atom. The van der Waals surface area contributed by atoms with Crippen molar-refractivity contribution < 1.29 is 46.2 Å². The molecular formula is C10H11F5NO5-. The van der Waals surface area contributed by atoms with Gasteiger partial charge in [0, 0.05) is 12.4 Å². The van der Waals surface area contributed by atoms with Crippen LogP contribution in [0, 0.1) is 0 Å². The van der Waals surface area contributed by atoms with Gasteiger partial charge in [-0.05, 0) is 6.42 Å². The molecule has 0 unspecified atom stereocenters. The molecule has 0 aromatic rings. The Labute approximate surface area is 115 Å². The van der Waals surface area contributed by atoms with Gasteiger partial charge < -0.3 is 20.0 Å². The summed E-state index contributed by atoms with van der Waals surface area (Å²) in [7, 11) is 0. The Bertz CT molecular complexity index is 409. The maximum absolute atomic E-state index is 12.7. The van der Waals surface area contributed by atoms with Crippen molar-refractivity contribution in [3.8, 4) is 0 Å². The number of alkyl halides is 5. The molecule has 0 radical (unpaired) electrons.